The highest BCUT2D eigenvalue weighted by molar-refractivity contribution is 7.87. The maximum absolute atomic E-state index is 13.4. The van der Waals surface area contributed by atoms with E-state index in [1.54, 1.807) is 24.3 Å². The van der Waals surface area contributed by atoms with Crippen LogP contribution in [0.5, 0.6) is 5.75 Å². The van der Waals surface area contributed by atoms with Crippen LogP contribution in [0.1, 0.15) is 11.1 Å². The van der Waals surface area contributed by atoms with E-state index in [9.17, 15) is 8.42 Å². The highest BCUT2D eigenvalue weighted by Crippen LogP contribution is 2.46. The van der Waals surface area contributed by atoms with Crippen molar-refractivity contribution in [2.45, 2.75) is 18.7 Å². The van der Waals surface area contributed by atoms with Gasteiger partial charge < -0.3 is 9.17 Å². The van der Waals surface area contributed by atoms with Crippen LogP contribution in [-0.2, 0) is 10.1 Å². The van der Waals surface area contributed by atoms with Crippen LogP contribution < -0.4 is 4.18 Å². The maximum atomic E-state index is 13.4. The number of aromatic amines is 1. The summed E-state index contributed by atoms with van der Waals surface area (Å²) in [6, 6.07) is 31.0. The molecule has 0 atom stereocenters. The molecule has 172 valence electrons. The summed E-state index contributed by atoms with van der Waals surface area (Å²) < 4.78 is 32.8. The number of H-pyrrole nitrogens is 1. The Balaban J connectivity index is 1.74. The SMILES string of the molecule is Cc1ccc(S(=O)(=O)Oc2c3ccc(C)cc3c(-c3ccccc3)c3c2[nH]c2ccccc23)cc1. The van der Waals surface area contributed by atoms with Crippen molar-refractivity contribution < 1.29 is 12.6 Å². The summed E-state index contributed by atoms with van der Waals surface area (Å²) in [5.74, 6) is 0.312. The van der Waals surface area contributed by atoms with Crippen molar-refractivity contribution in [2.24, 2.45) is 0 Å². The molecule has 6 rings (SSSR count). The van der Waals surface area contributed by atoms with Crippen molar-refractivity contribution in [1.82, 2.24) is 4.98 Å². The predicted octanol–water partition coefficient (Wildman–Crippen LogP) is 7.53. The fourth-order valence-corrected chi connectivity index (χ4v) is 5.72. The molecule has 0 aliphatic rings. The first kappa shape index (κ1) is 21.4. The van der Waals surface area contributed by atoms with E-state index in [-0.39, 0.29) is 4.90 Å². The zero-order chi connectivity index (χ0) is 24.2. The molecule has 6 aromatic rings. The smallest absolute Gasteiger partial charge is 0.339 e. The van der Waals surface area contributed by atoms with Gasteiger partial charge in [0, 0.05) is 21.7 Å². The molecule has 0 bridgehead atoms. The lowest BCUT2D eigenvalue weighted by Gasteiger charge is -2.16. The maximum Gasteiger partial charge on any atom is 0.339 e. The molecular formula is C30H23NO3S. The van der Waals surface area contributed by atoms with Crippen LogP contribution in [0.3, 0.4) is 0 Å². The Labute approximate surface area is 203 Å². The number of fused-ring (bicyclic) bond motifs is 4. The largest absolute Gasteiger partial charge is 0.376 e. The van der Waals surface area contributed by atoms with Crippen LogP contribution >= 0.6 is 0 Å². The molecule has 1 heterocycles. The molecule has 0 aliphatic heterocycles. The van der Waals surface area contributed by atoms with Crippen molar-refractivity contribution in [2.75, 3.05) is 0 Å². The minimum Gasteiger partial charge on any atom is -0.376 e. The van der Waals surface area contributed by atoms with Crippen molar-refractivity contribution in [3.05, 3.63) is 108 Å². The van der Waals surface area contributed by atoms with Gasteiger partial charge in [-0.15, -0.1) is 0 Å². The van der Waals surface area contributed by atoms with Crippen LogP contribution in [0.4, 0.5) is 0 Å². The standard InChI is InChI=1S/C30H23NO3S/c1-19-12-15-22(16-13-19)35(32,33)34-30-23-17-14-20(2)18-25(23)27(21-8-4-3-5-9-21)28-24-10-6-7-11-26(24)31-29(28)30/h3-18,31H,1-2H3. The second-order valence-corrected chi connectivity index (χ2v) is 10.4. The third kappa shape index (κ3) is 3.56. The Kier molecular flexibility index (Phi) is 4.90. The topological polar surface area (TPSA) is 59.2 Å². The van der Waals surface area contributed by atoms with Crippen molar-refractivity contribution in [3.63, 3.8) is 0 Å². The lowest BCUT2D eigenvalue weighted by molar-refractivity contribution is 0.491. The van der Waals surface area contributed by atoms with Gasteiger partial charge >= 0.3 is 10.1 Å². The van der Waals surface area contributed by atoms with Gasteiger partial charge in [-0.05, 0) is 48.6 Å². The van der Waals surface area contributed by atoms with E-state index in [2.05, 4.69) is 29.2 Å². The normalized spacial score (nSPS) is 11.9. The Hall–Kier alpha value is -4.09. The van der Waals surface area contributed by atoms with Gasteiger partial charge in [0.2, 0.25) is 0 Å². The van der Waals surface area contributed by atoms with Crippen molar-refractivity contribution in [1.29, 1.82) is 0 Å². The Morgan fingerprint density at radius 2 is 1.37 bits per heavy atom. The molecule has 35 heavy (non-hydrogen) atoms. The molecule has 5 heteroatoms. The fourth-order valence-electron chi connectivity index (χ4n) is 4.76. The third-order valence-electron chi connectivity index (χ3n) is 6.44. The van der Waals surface area contributed by atoms with Gasteiger partial charge in [0.15, 0.2) is 5.75 Å². The van der Waals surface area contributed by atoms with Gasteiger partial charge in [0.1, 0.15) is 4.90 Å². The van der Waals surface area contributed by atoms with Gasteiger partial charge in [-0.3, -0.25) is 0 Å². The Bertz CT molecular complexity index is 1830. The van der Waals surface area contributed by atoms with E-state index in [4.69, 9.17) is 4.18 Å². The molecular weight excluding hydrogens is 454 g/mol. The average molecular weight is 478 g/mol. The number of aryl methyl sites for hydroxylation is 2. The highest BCUT2D eigenvalue weighted by Gasteiger charge is 2.25. The summed E-state index contributed by atoms with van der Waals surface area (Å²) in [6.45, 7) is 3.96. The lowest BCUT2D eigenvalue weighted by Crippen LogP contribution is -2.10. The number of nitrogens with one attached hydrogen (secondary N) is 1. The van der Waals surface area contributed by atoms with Crippen LogP contribution in [0.2, 0.25) is 0 Å². The van der Waals surface area contributed by atoms with Gasteiger partial charge in [-0.2, -0.15) is 8.42 Å². The first-order chi connectivity index (χ1) is 16.9. The van der Waals surface area contributed by atoms with Gasteiger partial charge in [-0.25, -0.2) is 0 Å². The first-order valence-electron chi connectivity index (χ1n) is 11.5. The number of hydrogen-bond donors (Lipinski definition) is 1. The summed E-state index contributed by atoms with van der Waals surface area (Å²) >= 11 is 0. The fraction of sp³-hybridized carbons (Fsp3) is 0.0667. The van der Waals surface area contributed by atoms with Gasteiger partial charge in [0.05, 0.1) is 5.52 Å². The van der Waals surface area contributed by atoms with Crippen LogP contribution in [-0.4, -0.2) is 13.4 Å². The predicted molar refractivity (Wildman–Crippen MR) is 142 cm³/mol. The highest BCUT2D eigenvalue weighted by atomic mass is 32.2. The zero-order valence-electron chi connectivity index (χ0n) is 19.4. The van der Waals surface area contributed by atoms with Crippen LogP contribution in [0.15, 0.2) is 102 Å². The summed E-state index contributed by atoms with van der Waals surface area (Å²) in [5, 5.41) is 3.65. The van der Waals surface area contributed by atoms with E-state index in [1.807, 2.05) is 62.4 Å². The average Bonchev–Trinajstić information content (AvgIpc) is 3.24. The molecule has 0 aliphatic carbocycles. The monoisotopic (exact) mass is 477 g/mol. The van der Waals surface area contributed by atoms with E-state index in [0.717, 1.165) is 49.3 Å². The third-order valence-corrected chi connectivity index (χ3v) is 7.67. The second-order valence-electron chi connectivity index (χ2n) is 8.89. The quantitative estimate of drug-likeness (QED) is 0.267. The Morgan fingerprint density at radius 3 is 2.14 bits per heavy atom. The van der Waals surface area contributed by atoms with Crippen LogP contribution in [0.25, 0.3) is 43.7 Å². The van der Waals surface area contributed by atoms with Crippen molar-refractivity contribution in [3.8, 4) is 16.9 Å². The summed E-state index contributed by atoms with van der Waals surface area (Å²) in [4.78, 5) is 3.58. The molecule has 4 nitrogen and oxygen atoms in total. The number of benzene rings is 5. The molecule has 1 N–H and O–H groups in total. The van der Waals surface area contributed by atoms with Gasteiger partial charge in [0.25, 0.3) is 0 Å². The zero-order valence-corrected chi connectivity index (χ0v) is 20.2. The van der Waals surface area contributed by atoms with E-state index < -0.39 is 10.1 Å². The van der Waals surface area contributed by atoms with Crippen molar-refractivity contribution >= 4 is 42.7 Å². The van der Waals surface area contributed by atoms with E-state index in [0.29, 0.717) is 11.3 Å². The van der Waals surface area contributed by atoms with E-state index in [1.165, 1.54) is 0 Å². The van der Waals surface area contributed by atoms with E-state index >= 15 is 0 Å². The molecule has 1 aromatic heterocycles. The molecule has 0 amide bonds. The minimum atomic E-state index is -4.06. The molecule has 0 spiro atoms. The molecule has 5 aromatic carbocycles. The number of aromatic nitrogens is 1. The second kappa shape index (κ2) is 8.00. The minimum absolute atomic E-state index is 0.125. The molecule has 0 saturated heterocycles. The molecule has 0 radical (unpaired) electrons. The number of rotatable bonds is 4. The number of para-hydroxylation sites is 1. The van der Waals surface area contributed by atoms with Gasteiger partial charge in [-0.1, -0.05) is 90.0 Å². The summed E-state index contributed by atoms with van der Waals surface area (Å²) in [6.07, 6.45) is 0. The molecule has 0 unspecified atom stereocenters. The summed E-state index contributed by atoms with van der Waals surface area (Å²) in [5.41, 5.74) is 5.76. The lowest BCUT2D eigenvalue weighted by atomic mass is 9.92. The summed E-state index contributed by atoms with van der Waals surface area (Å²) in [7, 11) is -4.06. The molecule has 0 fully saturated rings. The Morgan fingerprint density at radius 1 is 0.686 bits per heavy atom. The molecule has 0 saturated carbocycles. The van der Waals surface area contributed by atoms with Crippen LogP contribution in [0, 0.1) is 13.8 Å². The first-order valence-corrected chi connectivity index (χ1v) is 12.9. The number of hydrogen-bond acceptors (Lipinski definition) is 3.